The lowest BCUT2D eigenvalue weighted by Crippen LogP contribution is -2.60. The van der Waals surface area contributed by atoms with Crippen molar-refractivity contribution in [3.63, 3.8) is 0 Å². The monoisotopic (exact) mass is 690 g/mol. The summed E-state index contributed by atoms with van der Waals surface area (Å²) in [5.41, 5.74) is 1.56. The number of fused-ring (bicyclic) bond motifs is 4. The maximum Gasteiger partial charge on any atom is 0.254 e. The predicted molar refractivity (Wildman–Crippen MR) is 161 cm³/mol. The van der Waals surface area contributed by atoms with Crippen LogP contribution in [0, 0.1) is 17.8 Å². The number of benzene rings is 2. The molecule has 2 saturated heterocycles. The topological polar surface area (TPSA) is 124 Å². The lowest BCUT2D eigenvalue weighted by Gasteiger charge is -2.50. The number of alkyl halides is 3. The number of likely N-dealkylation sites (tertiary alicyclic amines) is 2. The van der Waals surface area contributed by atoms with Crippen molar-refractivity contribution in [1.82, 2.24) is 9.80 Å². The molecular weight excluding hydrogens is 663 g/mol. The zero-order valence-corrected chi connectivity index (χ0v) is 26.2. The first kappa shape index (κ1) is 30.0. The van der Waals surface area contributed by atoms with Gasteiger partial charge >= 0.3 is 0 Å². The van der Waals surface area contributed by atoms with E-state index >= 15 is 0 Å². The Kier molecular flexibility index (Phi) is 7.54. The van der Waals surface area contributed by atoms with Crippen LogP contribution in [-0.4, -0.2) is 72.0 Å². The van der Waals surface area contributed by atoms with E-state index in [1.807, 2.05) is 6.08 Å². The van der Waals surface area contributed by atoms with E-state index in [1.54, 1.807) is 49.4 Å². The fourth-order valence-corrected chi connectivity index (χ4v) is 8.75. The number of carbonyl (C=O) groups excluding carboxylic acids is 4. The molecule has 6 atom stereocenters. The molecule has 2 heterocycles. The number of allylic oxidation sites excluding steroid dienone is 2. The van der Waals surface area contributed by atoms with Gasteiger partial charge in [-0.1, -0.05) is 51.8 Å². The van der Waals surface area contributed by atoms with Crippen molar-refractivity contribution < 1.29 is 34.1 Å². The molecule has 3 fully saturated rings. The predicted octanol–water partition coefficient (Wildman–Crippen LogP) is 4.45. The third-order valence-corrected chi connectivity index (χ3v) is 11.2. The first-order valence-corrected chi connectivity index (χ1v) is 15.9. The SMILES string of the molecule is CCOc1cccc([C@H]2C3=CC[C@@H]4C(=O)N(CCc5ccc(O)cc5)C(=O)[C@@H]4[C@@H]3C[C@@]3(Cl)C(=O)N(CBr)C(=O)[C@@]23Cl)c1O. The number of halogens is 3. The van der Waals surface area contributed by atoms with Gasteiger partial charge in [-0.3, -0.25) is 29.0 Å². The van der Waals surface area contributed by atoms with Crippen molar-refractivity contribution in [3.05, 3.63) is 65.2 Å². The van der Waals surface area contributed by atoms with Crippen LogP contribution in [0.5, 0.6) is 17.2 Å². The molecule has 1 saturated carbocycles. The van der Waals surface area contributed by atoms with Gasteiger partial charge in [-0.25, -0.2) is 0 Å². The molecular formula is C31H29BrCl2N2O7. The molecule has 9 nitrogen and oxygen atoms in total. The summed E-state index contributed by atoms with van der Waals surface area (Å²) >= 11 is 17.7. The number of nitrogens with zero attached hydrogens (tertiary/aromatic N) is 2. The number of carbonyl (C=O) groups is 4. The molecule has 2 aliphatic carbocycles. The van der Waals surface area contributed by atoms with Crippen LogP contribution in [-0.2, 0) is 25.6 Å². The summed E-state index contributed by atoms with van der Waals surface area (Å²) in [5.74, 6) is -5.26. The molecule has 0 spiro atoms. The summed E-state index contributed by atoms with van der Waals surface area (Å²) in [6, 6.07) is 11.4. The molecule has 6 rings (SSSR count). The van der Waals surface area contributed by atoms with Crippen LogP contribution in [0.15, 0.2) is 54.1 Å². The van der Waals surface area contributed by atoms with Crippen LogP contribution in [0.2, 0.25) is 0 Å². The van der Waals surface area contributed by atoms with Crippen molar-refractivity contribution in [2.75, 3.05) is 18.6 Å². The molecule has 4 aliphatic rings. The summed E-state index contributed by atoms with van der Waals surface area (Å²) < 4.78 is 5.61. The van der Waals surface area contributed by atoms with Gasteiger partial charge in [0.25, 0.3) is 11.8 Å². The molecule has 0 aromatic heterocycles. The number of phenolic OH excluding ortho intramolecular Hbond substituents is 2. The molecule has 2 aromatic carbocycles. The van der Waals surface area contributed by atoms with Gasteiger partial charge in [-0.15, -0.1) is 23.2 Å². The summed E-state index contributed by atoms with van der Waals surface area (Å²) in [6.45, 7) is 2.19. The molecule has 2 aromatic rings. The lowest BCUT2D eigenvalue weighted by atomic mass is 9.56. The van der Waals surface area contributed by atoms with Crippen LogP contribution in [0.3, 0.4) is 0 Å². The Labute approximate surface area is 266 Å². The molecule has 226 valence electrons. The standard InChI is InChI=1S/C31H29BrCl2N2O7/c1-2-43-22-5-3-4-20(25(22)38)24-18-10-11-19-23(21(18)14-30(33)28(41)36(15-32)29(42)31(24,30)34)27(40)35(26(19)39)13-12-16-6-8-17(37)9-7-16/h3-10,19,21,23-24,37-38H,2,11-15H2,1H3/t19-,21+,23-,24+,30+,31-/m0/s1. The number of rotatable bonds is 7. The minimum absolute atomic E-state index is 0.121. The number of amides is 4. The number of ether oxygens (including phenoxy) is 1. The quantitative estimate of drug-likeness (QED) is 0.190. The Morgan fingerprint density at radius 1 is 0.977 bits per heavy atom. The second-order valence-corrected chi connectivity index (χ2v) is 13.1. The largest absolute Gasteiger partial charge is 0.508 e. The van der Waals surface area contributed by atoms with Gasteiger partial charge in [0.2, 0.25) is 11.8 Å². The second kappa shape index (κ2) is 10.8. The van der Waals surface area contributed by atoms with E-state index in [0.717, 1.165) is 10.5 Å². The summed E-state index contributed by atoms with van der Waals surface area (Å²) in [7, 11) is 0. The number of imide groups is 2. The zero-order valence-electron chi connectivity index (χ0n) is 23.1. The van der Waals surface area contributed by atoms with E-state index in [4.69, 9.17) is 27.9 Å². The zero-order chi connectivity index (χ0) is 30.8. The van der Waals surface area contributed by atoms with Crippen LogP contribution in [0.1, 0.15) is 36.8 Å². The summed E-state index contributed by atoms with van der Waals surface area (Å²) in [5, 5.41) is 20.9. The Morgan fingerprint density at radius 2 is 1.70 bits per heavy atom. The van der Waals surface area contributed by atoms with E-state index in [0.29, 0.717) is 12.0 Å². The highest BCUT2D eigenvalue weighted by Gasteiger charge is 2.76. The van der Waals surface area contributed by atoms with Crippen LogP contribution in [0.25, 0.3) is 0 Å². The lowest BCUT2D eigenvalue weighted by molar-refractivity contribution is -0.141. The number of para-hydroxylation sites is 1. The van der Waals surface area contributed by atoms with E-state index in [-0.39, 0.29) is 66.1 Å². The first-order chi connectivity index (χ1) is 20.5. The fraction of sp³-hybridized carbons (Fsp3) is 0.419. The van der Waals surface area contributed by atoms with Crippen molar-refractivity contribution in [3.8, 4) is 17.2 Å². The van der Waals surface area contributed by atoms with E-state index in [2.05, 4.69) is 15.9 Å². The fourth-order valence-electron chi connectivity index (χ4n) is 7.33. The molecule has 2 N–H and O–H groups in total. The molecule has 0 unspecified atom stereocenters. The Morgan fingerprint density at radius 3 is 2.37 bits per heavy atom. The molecule has 0 bridgehead atoms. The molecule has 0 radical (unpaired) electrons. The van der Waals surface area contributed by atoms with Gasteiger partial charge in [0.1, 0.15) is 5.75 Å². The van der Waals surface area contributed by atoms with Crippen molar-refractivity contribution >= 4 is 62.8 Å². The van der Waals surface area contributed by atoms with Gasteiger partial charge in [-0.05, 0) is 55.9 Å². The van der Waals surface area contributed by atoms with Crippen LogP contribution >= 0.6 is 39.1 Å². The third-order valence-electron chi connectivity index (χ3n) is 9.31. The van der Waals surface area contributed by atoms with Crippen molar-refractivity contribution in [2.45, 2.75) is 41.9 Å². The van der Waals surface area contributed by atoms with E-state index in [9.17, 15) is 29.4 Å². The second-order valence-electron chi connectivity index (χ2n) is 11.4. The summed E-state index contributed by atoms with van der Waals surface area (Å²) in [6.07, 6.45) is 2.32. The highest BCUT2D eigenvalue weighted by atomic mass is 79.9. The Bertz CT molecular complexity index is 1570. The van der Waals surface area contributed by atoms with Crippen LogP contribution in [0.4, 0.5) is 0 Å². The smallest absolute Gasteiger partial charge is 0.254 e. The minimum Gasteiger partial charge on any atom is -0.508 e. The number of hydrogen-bond donors (Lipinski definition) is 2. The molecule has 4 amide bonds. The first-order valence-electron chi connectivity index (χ1n) is 14.1. The maximum atomic E-state index is 14.0. The molecule has 43 heavy (non-hydrogen) atoms. The summed E-state index contributed by atoms with van der Waals surface area (Å²) in [4.78, 5) is 53.5. The van der Waals surface area contributed by atoms with Gasteiger partial charge in [0.05, 0.1) is 23.9 Å². The van der Waals surface area contributed by atoms with Gasteiger partial charge in [-0.2, -0.15) is 0 Å². The molecule has 2 aliphatic heterocycles. The van der Waals surface area contributed by atoms with Gasteiger partial charge in [0, 0.05) is 18.0 Å². The minimum atomic E-state index is -2.01. The highest BCUT2D eigenvalue weighted by Crippen LogP contribution is 2.66. The Hall–Kier alpha value is -3.08. The number of aromatic hydroxyl groups is 2. The third kappa shape index (κ3) is 4.24. The average molecular weight is 692 g/mol. The van der Waals surface area contributed by atoms with E-state index in [1.165, 1.54) is 4.90 Å². The molecule has 12 heteroatoms. The normalized spacial score (nSPS) is 31.6. The van der Waals surface area contributed by atoms with Gasteiger partial charge in [0.15, 0.2) is 21.2 Å². The average Bonchev–Trinajstić information content (AvgIpc) is 3.31. The number of phenols is 2. The van der Waals surface area contributed by atoms with Gasteiger partial charge < -0.3 is 14.9 Å². The van der Waals surface area contributed by atoms with E-state index < -0.39 is 45.2 Å². The number of hydrogen-bond acceptors (Lipinski definition) is 7. The Balaban J connectivity index is 1.43. The maximum absolute atomic E-state index is 14.0. The highest BCUT2D eigenvalue weighted by molar-refractivity contribution is 9.09. The van der Waals surface area contributed by atoms with Crippen molar-refractivity contribution in [2.24, 2.45) is 17.8 Å². The van der Waals surface area contributed by atoms with Crippen molar-refractivity contribution in [1.29, 1.82) is 0 Å². The van der Waals surface area contributed by atoms with Crippen LogP contribution < -0.4 is 4.74 Å².